The first-order valence-electron chi connectivity index (χ1n) is 9.15. The van der Waals surface area contributed by atoms with Crippen molar-refractivity contribution in [1.82, 2.24) is 0 Å². The van der Waals surface area contributed by atoms with Gasteiger partial charge in [-0.3, -0.25) is 19.7 Å². The summed E-state index contributed by atoms with van der Waals surface area (Å²) in [5.41, 5.74) is -1.11. The van der Waals surface area contributed by atoms with Gasteiger partial charge in [0.15, 0.2) is 11.4 Å². The number of nitro groups is 1. The van der Waals surface area contributed by atoms with E-state index in [0.717, 1.165) is 12.5 Å². The summed E-state index contributed by atoms with van der Waals surface area (Å²) in [5.74, 6) is -0.687. The SMILES string of the molecule is CC(C)CCN1C(=O)[C@](O)(CC(=O)c2cccc([N+](=O)[O-])c2)c2ccccc21. The number of aliphatic hydroxyl groups is 1. The van der Waals surface area contributed by atoms with Gasteiger partial charge in [-0.1, -0.05) is 44.2 Å². The lowest BCUT2D eigenvalue weighted by Crippen LogP contribution is -2.42. The van der Waals surface area contributed by atoms with Crippen LogP contribution in [0.1, 0.15) is 42.6 Å². The summed E-state index contributed by atoms with van der Waals surface area (Å²) >= 11 is 0. The fraction of sp³-hybridized carbons (Fsp3) is 0.333. The summed E-state index contributed by atoms with van der Waals surface area (Å²) in [4.78, 5) is 37.7. The Labute approximate surface area is 162 Å². The van der Waals surface area contributed by atoms with Gasteiger partial charge in [-0.25, -0.2) is 0 Å². The smallest absolute Gasteiger partial charge is 0.270 e. The highest BCUT2D eigenvalue weighted by atomic mass is 16.6. The summed E-state index contributed by atoms with van der Waals surface area (Å²) in [6.07, 6.45) is 0.289. The van der Waals surface area contributed by atoms with E-state index in [-0.39, 0.29) is 11.3 Å². The molecule has 2 aromatic carbocycles. The summed E-state index contributed by atoms with van der Waals surface area (Å²) in [7, 11) is 0. The largest absolute Gasteiger partial charge is 0.375 e. The molecule has 7 nitrogen and oxygen atoms in total. The maximum absolute atomic E-state index is 13.1. The fourth-order valence-corrected chi connectivity index (χ4v) is 3.41. The third kappa shape index (κ3) is 3.53. The van der Waals surface area contributed by atoms with Gasteiger partial charge < -0.3 is 10.0 Å². The Hall–Kier alpha value is -3.06. The Balaban J connectivity index is 1.92. The zero-order chi connectivity index (χ0) is 20.5. The molecule has 0 radical (unpaired) electrons. The molecule has 1 atom stereocenters. The van der Waals surface area contributed by atoms with Crippen LogP contribution in [0.15, 0.2) is 48.5 Å². The molecule has 0 unspecified atom stereocenters. The van der Waals surface area contributed by atoms with E-state index in [1.807, 2.05) is 13.8 Å². The van der Waals surface area contributed by atoms with Crippen molar-refractivity contribution in [2.24, 2.45) is 5.92 Å². The van der Waals surface area contributed by atoms with Gasteiger partial charge in [0, 0.05) is 29.8 Å². The molecule has 0 aromatic heterocycles. The van der Waals surface area contributed by atoms with Gasteiger partial charge in [0.2, 0.25) is 0 Å². The van der Waals surface area contributed by atoms with Crippen molar-refractivity contribution in [2.45, 2.75) is 32.3 Å². The number of benzene rings is 2. The van der Waals surface area contributed by atoms with E-state index >= 15 is 0 Å². The van der Waals surface area contributed by atoms with Crippen molar-refractivity contribution in [2.75, 3.05) is 11.4 Å². The number of amides is 1. The van der Waals surface area contributed by atoms with Crippen LogP contribution in [-0.2, 0) is 10.4 Å². The first kappa shape index (κ1) is 19.7. The van der Waals surface area contributed by atoms with Gasteiger partial charge in [0.1, 0.15) is 0 Å². The number of nitro benzene ring substituents is 1. The predicted octanol–water partition coefficient (Wildman–Crippen LogP) is 3.45. The van der Waals surface area contributed by atoms with Crippen molar-refractivity contribution in [3.63, 3.8) is 0 Å². The van der Waals surface area contributed by atoms with E-state index in [0.29, 0.717) is 23.7 Å². The number of carbonyl (C=O) groups is 2. The minimum atomic E-state index is -1.98. The molecule has 28 heavy (non-hydrogen) atoms. The summed E-state index contributed by atoms with van der Waals surface area (Å²) in [6, 6.07) is 12.2. The summed E-state index contributed by atoms with van der Waals surface area (Å²) < 4.78 is 0. The van der Waals surface area contributed by atoms with Crippen LogP contribution in [0, 0.1) is 16.0 Å². The first-order valence-corrected chi connectivity index (χ1v) is 9.15. The quantitative estimate of drug-likeness (QED) is 0.449. The number of rotatable bonds is 7. The van der Waals surface area contributed by atoms with E-state index in [1.54, 1.807) is 24.3 Å². The van der Waals surface area contributed by atoms with E-state index in [9.17, 15) is 24.8 Å². The fourth-order valence-electron chi connectivity index (χ4n) is 3.41. The van der Waals surface area contributed by atoms with E-state index < -0.39 is 28.6 Å². The maximum Gasteiger partial charge on any atom is 0.270 e. The molecule has 0 bridgehead atoms. The zero-order valence-electron chi connectivity index (χ0n) is 15.8. The molecule has 0 saturated carbocycles. The molecule has 1 aliphatic rings. The van der Waals surface area contributed by atoms with Crippen molar-refractivity contribution in [3.05, 3.63) is 69.8 Å². The third-order valence-electron chi connectivity index (χ3n) is 4.96. The molecular formula is C21H22N2O5. The molecule has 0 fully saturated rings. The van der Waals surface area contributed by atoms with Crippen LogP contribution in [0.3, 0.4) is 0 Å². The molecule has 0 spiro atoms. The maximum atomic E-state index is 13.1. The number of ketones is 1. The van der Waals surface area contributed by atoms with Gasteiger partial charge in [-0.05, 0) is 18.4 Å². The molecule has 1 aliphatic heterocycles. The number of hydrogen-bond acceptors (Lipinski definition) is 5. The highest BCUT2D eigenvalue weighted by Crippen LogP contribution is 2.43. The lowest BCUT2D eigenvalue weighted by Gasteiger charge is -2.23. The standard InChI is InChI=1S/C21H22N2O5/c1-14(2)10-11-22-18-9-4-3-8-17(18)21(26,20(22)25)13-19(24)15-6-5-7-16(12-15)23(27)28/h3-9,12,14,26H,10-11,13H2,1-2H3/t21-/m0/s1. The van der Waals surface area contributed by atoms with E-state index in [4.69, 9.17) is 0 Å². The topological polar surface area (TPSA) is 101 Å². The van der Waals surface area contributed by atoms with Crippen LogP contribution in [0.2, 0.25) is 0 Å². The minimum Gasteiger partial charge on any atom is -0.375 e. The van der Waals surface area contributed by atoms with Gasteiger partial charge in [-0.2, -0.15) is 0 Å². The second-order valence-electron chi connectivity index (χ2n) is 7.42. The van der Waals surface area contributed by atoms with Crippen molar-refractivity contribution < 1.29 is 19.6 Å². The lowest BCUT2D eigenvalue weighted by molar-refractivity contribution is -0.384. The van der Waals surface area contributed by atoms with Crippen molar-refractivity contribution >= 4 is 23.1 Å². The van der Waals surface area contributed by atoms with Crippen LogP contribution in [0.25, 0.3) is 0 Å². The van der Waals surface area contributed by atoms with Gasteiger partial charge >= 0.3 is 0 Å². The van der Waals surface area contributed by atoms with Gasteiger partial charge in [0.05, 0.1) is 17.0 Å². The average Bonchev–Trinajstić information content (AvgIpc) is 2.87. The number of nitrogens with zero attached hydrogens (tertiary/aromatic N) is 2. The monoisotopic (exact) mass is 382 g/mol. The van der Waals surface area contributed by atoms with Crippen LogP contribution in [0.4, 0.5) is 11.4 Å². The van der Waals surface area contributed by atoms with Crippen LogP contribution >= 0.6 is 0 Å². The second-order valence-corrected chi connectivity index (χ2v) is 7.42. The van der Waals surface area contributed by atoms with Gasteiger partial charge in [-0.15, -0.1) is 0 Å². The number of carbonyl (C=O) groups excluding carboxylic acids is 2. The summed E-state index contributed by atoms with van der Waals surface area (Å²) in [5, 5.41) is 22.2. The number of anilines is 1. The molecule has 1 N–H and O–H groups in total. The zero-order valence-corrected chi connectivity index (χ0v) is 15.8. The van der Waals surface area contributed by atoms with E-state index in [2.05, 4.69) is 0 Å². The molecule has 146 valence electrons. The van der Waals surface area contributed by atoms with Crippen LogP contribution in [-0.4, -0.2) is 28.3 Å². The molecular weight excluding hydrogens is 360 g/mol. The van der Waals surface area contributed by atoms with E-state index in [1.165, 1.54) is 23.1 Å². The Morgan fingerprint density at radius 3 is 2.61 bits per heavy atom. The molecule has 1 heterocycles. The Kier molecular flexibility index (Phi) is 5.29. The van der Waals surface area contributed by atoms with Crippen LogP contribution < -0.4 is 4.90 Å². The number of non-ortho nitro benzene ring substituents is 1. The third-order valence-corrected chi connectivity index (χ3v) is 4.96. The van der Waals surface area contributed by atoms with Gasteiger partial charge in [0.25, 0.3) is 11.6 Å². The number of hydrogen-bond donors (Lipinski definition) is 1. The molecule has 3 rings (SSSR count). The highest BCUT2D eigenvalue weighted by Gasteiger charge is 2.50. The Morgan fingerprint density at radius 1 is 1.21 bits per heavy atom. The van der Waals surface area contributed by atoms with Crippen molar-refractivity contribution in [3.8, 4) is 0 Å². The number of para-hydroxylation sites is 1. The van der Waals surface area contributed by atoms with Crippen LogP contribution in [0.5, 0.6) is 0 Å². The van der Waals surface area contributed by atoms with Crippen molar-refractivity contribution in [1.29, 1.82) is 0 Å². The first-order chi connectivity index (χ1) is 13.2. The molecule has 7 heteroatoms. The normalized spacial score (nSPS) is 18.4. The highest BCUT2D eigenvalue weighted by molar-refractivity contribution is 6.10. The molecule has 2 aromatic rings. The predicted molar refractivity (Wildman–Crippen MR) is 104 cm³/mol. The average molecular weight is 382 g/mol. The summed E-state index contributed by atoms with van der Waals surface area (Å²) in [6.45, 7) is 4.54. The lowest BCUT2D eigenvalue weighted by atomic mass is 9.88. The molecule has 0 aliphatic carbocycles. The number of fused-ring (bicyclic) bond motifs is 1. The Morgan fingerprint density at radius 2 is 1.93 bits per heavy atom. The minimum absolute atomic E-state index is 0.0912. The molecule has 0 saturated heterocycles. The number of Topliss-reactive ketones (excluding diaryl/α,β-unsaturated/α-hetero) is 1. The second kappa shape index (κ2) is 7.52. The Bertz CT molecular complexity index is 940. The molecule has 1 amide bonds.